The van der Waals surface area contributed by atoms with Crippen molar-refractivity contribution in [2.45, 2.75) is 12.8 Å². The smallest absolute Gasteiger partial charge is 0.253 e. The number of amides is 2. The molecule has 0 bridgehead atoms. The topological polar surface area (TPSA) is 95.6 Å². The van der Waals surface area contributed by atoms with Gasteiger partial charge in [0, 0.05) is 25.6 Å². The van der Waals surface area contributed by atoms with E-state index in [-0.39, 0.29) is 43.1 Å². The van der Waals surface area contributed by atoms with Gasteiger partial charge < -0.3 is 10.6 Å². The Morgan fingerprint density at radius 2 is 1.84 bits per heavy atom. The van der Waals surface area contributed by atoms with E-state index in [1.807, 2.05) is 0 Å². The zero-order valence-corrected chi connectivity index (χ0v) is 17.7. The summed E-state index contributed by atoms with van der Waals surface area (Å²) in [5.74, 6) is -3.07. The molecule has 0 spiro atoms. The standard InChI is InChI=1S/C21H23F2N3O4S/c1-3-12-24-21(28)16-7-4-5-8-19(16)25-20(27)9-6-13-26(31(2,29)30)15-10-11-17(22)18(23)14-15/h3-5,7-8,10-11,14H,1,6,9,12-13H2,2H3,(H,24,28)(H,25,27). The van der Waals surface area contributed by atoms with Gasteiger partial charge in [-0.3, -0.25) is 13.9 Å². The van der Waals surface area contributed by atoms with E-state index >= 15 is 0 Å². The zero-order chi connectivity index (χ0) is 23.0. The zero-order valence-electron chi connectivity index (χ0n) is 16.9. The molecule has 0 fully saturated rings. The quantitative estimate of drug-likeness (QED) is 0.543. The number of para-hydroxylation sites is 1. The summed E-state index contributed by atoms with van der Waals surface area (Å²) in [6, 6.07) is 9.22. The highest BCUT2D eigenvalue weighted by molar-refractivity contribution is 7.92. The first-order valence-corrected chi connectivity index (χ1v) is 11.2. The number of anilines is 2. The molecule has 2 rings (SSSR count). The Labute approximate surface area is 179 Å². The normalized spacial score (nSPS) is 10.9. The Morgan fingerprint density at radius 1 is 1.13 bits per heavy atom. The van der Waals surface area contributed by atoms with Crippen LogP contribution >= 0.6 is 0 Å². The SMILES string of the molecule is C=CCNC(=O)c1ccccc1NC(=O)CCCN(c1ccc(F)c(F)c1)S(C)(=O)=O. The maximum absolute atomic E-state index is 13.5. The Balaban J connectivity index is 2.03. The van der Waals surface area contributed by atoms with Crippen molar-refractivity contribution in [3.05, 3.63) is 72.3 Å². The van der Waals surface area contributed by atoms with Crippen LogP contribution in [0.2, 0.25) is 0 Å². The molecule has 0 heterocycles. The summed E-state index contributed by atoms with van der Waals surface area (Å²) in [6.07, 6.45) is 2.52. The number of nitrogens with one attached hydrogen (secondary N) is 2. The molecule has 166 valence electrons. The van der Waals surface area contributed by atoms with E-state index in [1.54, 1.807) is 24.3 Å². The Morgan fingerprint density at radius 3 is 2.48 bits per heavy atom. The number of carbonyl (C=O) groups excluding carboxylic acids is 2. The summed E-state index contributed by atoms with van der Waals surface area (Å²) in [6.45, 7) is 3.68. The van der Waals surface area contributed by atoms with Gasteiger partial charge in [0.05, 0.1) is 23.2 Å². The predicted octanol–water partition coefficient (Wildman–Crippen LogP) is 3.07. The van der Waals surface area contributed by atoms with E-state index in [4.69, 9.17) is 0 Å². The van der Waals surface area contributed by atoms with E-state index in [0.717, 1.165) is 28.8 Å². The molecule has 0 aliphatic rings. The predicted molar refractivity (Wildman–Crippen MR) is 115 cm³/mol. The third kappa shape index (κ3) is 6.88. The van der Waals surface area contributed by atoms with Crippen LogP contribution in [0.1, 0.15) is 23.2 Å². The van der Waals surface area contributed by atoms with Crippen molar-refractivity contribution in [3.8, 4) is 0 Å². The molecule has 2 amide bonds. The van der Waals surface area contributed by atoms with Crippen LogP contribution < -0.4 is 14.9 Å². The second-order valence-electron chi connectivity index (χ2n) is 6.63. The molecule has 31 heavy (non-hydrogen) atoms. The number of benzene rings is 2. The molecule has 0 saturated heterocycles. The number of halogens is 2. The van der Waals surface area contributed by atoms with Gasteiger partial charge in [-0.05, 0) is 30.7 Å². The maximum Gasteiger partial charge on any atom is 0.253 e. The molecule has 0 saturated carbocycles. The van der Waals surface area contributed by atoms with Gasteiger partial charge in [-0.2, -0.15) is 0 Å². The van der Waals surface area contributed by atoms with Crippen LogP contribution in [-0.2, 0) is 14.8 Å². The van der Waals surface area contributed by atoms with Gasteiger partial charge in [-0.25, -0.2) is 17.2 Å². The molecule has 0 unspecified atom stereocenters. The van der Waals surface area contributed by atoms with E-state index < -0.39 is 27.6 Å². The van der Waals surface area contributed by atoms with E-state index in [1.165, 1.54) is 6.08 Å². The van der Waals surface area contributed by atoms with Crippen LogP contribution in [-0.4, -0.2) is 39.6 Å². The van der Waals surface area contributed by atoms with Crippen molar-refractivity contribution in [2.75, 3.05) is 29.0 Å². The van der Waals surface area contributed by atoms with Crippen molar-refractivity contribution in [1.29, 1.82) is 0 Å². The lowest BCUT2D eigenvalue weighted by molar-refractivity contribution is -0.116. The van der Waals surface area contributed by atoms with Crippen LogP contribution in [0.25, 0.3) is 0 Å². The lowest BCUT2D eigenvalue weighted by atomic mass is 10.1. The molecular weight excluding hydrogens is 428 g/mol. The third-order valence-corrected chi connectivity index (χ3v) is 5.40. The molecule has 0 aromatic heterocycles. The molecule has 2 aromatic carbocycles. The second kappa shape index (κ2) is 10.7. The van der Waals surface area contributed by atoms with E-state index in [0.29, 0.717) is 5.69 Å². The summed E-state index contributed by atoms with van der Waals surface area (Å²) in [5.41, 5.74) is 0.554. The van der Waals surface area contributed by atoms with Crippen LogP contribution in [0.5, 0.6) is 0 Å². The Kier molecular flexibility index (Phi) is 8.26. The van der Waals surface area contributed by atoms with Gasteiger partial charge in [0.25, 0.3) is 5.91 Å². The fourth-order valence-electron chi connectivity index (χ4n) is 2.77. The number of hydrogen-bond acceptors (Lipinski definition) is 4. The average Bonchev–Trinajstić information content (AvgIpc) is 2.71. The first-order chi connectivity index (χ1) is 14.6. The first-order valence-electron chi connectivity index (χ1n) is 9.34. The second-order valence-corrected chi connectivity index (χ2v) is 8.54. The van der Waals surface area contributed by atoms with Crippen LogP contribution in [0.3, 0.4) is 0 Å². The minimum atomic E-state index is -3.78. The van der Waals surface area contributed by atoms with E-state index in [9.17, 15) is 26.8 Å². The first kappa shape index (κ1) is 24.0. The van der Waals surface area contributed by atoms with Gasteiger partial charge in [-0.1, -0.05) is 18.2 Å². The van der Waals surface area contributed by atoms with Crippen molar-refractivity contribution in [2.24, 2.45) is 0 Å². The van der Waals surface area contributed by atoms with Gasteiger partial charge in [0.15, 0.2) is 11.6 Å². The van der Waals surface area contributed by atoms with Gasteiger partial charge in [-0.15, -0.1) is 6.58 Å². The highest BCUT2D eigenvalue weighted by atomic mass is 32.2. The summed E-state index contributed by atoms with van der Waals surface area (Å²) < 4.78 is 51.7. The Bertz CT molecular complexity index is 1070. The van der Waals surface area contributed by atoms with Gasteiger partial charge >= 0.3 is 0 Å². The Hall–Kier alpha value is -3.27. The van der Waals surface area contributed by atoms with Crippen LogP contribution in [0, 0.1) is 11.6 Å². The molecule has 7 nitrogen and oxygen atoms in total. The largest absolute Gasteiger partial charge is 0.349 e. The average molecular weight is 451 g/mol. The highest BCUT2D eigenvalue weighted by Crippen LogP contribution is 2.21. The summed E-state index contributed by atoms with van der Waals surface area (Å²) in [4.78, 5) is 24.5. The van der Waals surface area contributed by atoms with Crippen LogP contribution in [0.4, 0.5) is 20.2 Å². The van der Waals surface area contributed by atoms with E-state index in [2.05, 4.69) is 17.2 Å². The van der Waals surface area contributed by atoms with Crippen LogP contribution in [0.15, 0.2) is 55.1 Å². The highest BCUT2D eigenvalue weighted by Gasteiger charge is 2.19. The third-order valence-electron chi connectivity index (χ3n) is 4.21. The molecule has 10 heteroatoms. The van der Waals surface area contributed by atoms with Crippen molar-refractivity contribution in [3.63, 3.8) is 0 Å². The summed E-state index contributed by atoms with van der Waals surface area (Å²) in [5, 5.41) is 5.26. The molecule has 0 aliphatic carbocycles. The van der Waals surface area contributed by atoms with Crippen molar-refractivity contribution < 1.29 is 26.8 Å². The van der Waals surface area contributed by atoms with Gasteiger partial charge in [0.1, 0.15) is 0 Å². The molecule has 0 radical (unpaired) electrons. The molecule has 0 atom stereocenters. The lowest BCUT2D eigenvalue weighted by Gasteiger charge is -2.22. The fourth-order valence-corrected chi connectivity index (χ4v) is 3.73. The molecule has 2 aromatic rings. The minimum Gasteiger partial charge on any atom is -0.349 e. The molecule has 0 aliphatic heterocycles. The number of carbonyl (C=O) groups is 2. The number of nitrogens with zero attached hydrogens (tertiary/aromatic N) is 1. The lowest BCUT2D eigenvalue weighted by Crippen LogP contribution is -2.31. The number of hydrogen-bond donors (Lipinski definition) is 2. The number of sulfonamides is 1. The monoisotopic (exact) mass is 451 g/mol. The fraction of sp³-hybridized carbons (Fsp3) is 0.238. The summed E-state index contributed by atoms with van der Waals surface area (Å²) in [7, 11) is -3.78. The van der Waals surface area contributed by atoms with Crippen molar-refractivity contribution >= 4 is 33.2 Å². The maximum atomic E-state index is 13.5. The minimum absolute atomic E-state index is 0.0361. The summed E-state index contributed by atoms with van der Waals surface area (Å²) >= 11 is 0. The molecular formula is C21H23F2N3O4S. The van der Waals surface area contributed by atoms with Gasteiger partial charge in [0.2, 0.25) is 15.9 Å². The number of rotatable bonds is 10. The molecule has 2 N–H and O–H groups in total. The van der Waals surface area contributed by atoms with Crippen molar-refractivity contribution in [1.82, 2.24) is 5.32 Å².